The third-order valence-electron chi connectivity index (χ3n) is 2.54. The Morgan fingerprint density at radius 2 is 1.95 bits per heavy atom. The summed E-state index contributed by atoms with van der Waals surface area (Å²) < 4.78 is 22.1. The van der Waals surface area contributed by atoms with Gasteiger partial charge in [0, 0.05) is 19.8 Å². The molecule has 2 amide bonds. The molecule has 0 aliphatic heterocycles. The van der Waals surface area contributed by atoms with Crippen LogP contribution in [0.3, 0.4) is 0 Å². The van der Waals surface area contributed by atoms with Crippen molar-refractivity contribution in [2.75, 3.05) is 32.1 Å². The van der Waals surface area contributed by atoms with Crippen LogP contribution >= 0.6 is 0 Å². The maximum Gasteiger partial charge on any atom is 0.239 e. The van der Waals surface area contributed by atoms with Gasteiger partial charge in [0.15, 0.2) is 0 Å². The first-order chi connectivity index (χ1) is 8.71. The summed E-state index contributed by atoms with van der Waals surface area (Å²) in [5.74, 6) is -0.814. The van der Waals surface area contributed by atoms with Crippen molar-refractivity contribution < 1.29 is 18.0 Å². The zero-order chi connectivity index (χ0) is 15.1. The number of nitrogens with two attached hydrogens (primary N) is 1. The van der Waals surface area contributed by atoms with Crippen LogP contribution in [0, 0.1) is 0 Å². The molecule has 8 heteroatoms. The summed E-state index contributed by atoms with van der Waals surface area (Å²) in [4.78, 5) is 24.7. The highest BCUT2D eigenvalue weighted by Gasteiger charge is 2.23. The van der Waals surface area contributed by atoms with Crippen LogP contribution in [0.5, 0.6) is 0 Å². The largest absolute Gasteiger partial charge is 0.358 e. The summed E-state index contributed by atoms with van der Waals surface area (Å²) in [7, 11) is -1.66. The Bertz CT molecular complexity index is 408. The van der Waals surface area contributed by atoms with Gasteiger partial charge in [0.05, 0.1) is 18.3 Å². The lowest BCUT2D eigenvalue weighted by molar-refractivity contribution is -0.137. The SMILES string of the molecule is CCCN(CC(=O)NC)C(=O)C(N)CCS(C)(=O)=O. The molecule has 0 bridgehead atoms. The molecule has 0 spiro atoms. The molecule has 0 rings (SSSR count). The number of hydrogen-bond acceptors (Lipinski definition) is 5. The van der Waals surface area contributed by atoms with E-state index in [0.29, 0.717) is 13.0 Å². The highest BCUT2D eigenvalue weighted by Crippen LogP contribution is 2.01. The molecule has 0 aromatic heterocycles. The number of rotatable bonds is 8. The first-order valence-corrected chi connectivity index (χ1v) is 8.20. The zero-order valence-electron chi connectivity index (χ0n) is 11.7. The molecule has 112 valence electrons. The van der Waals surface area contributed by atoms with E-state index < -0.39 is 21.8 Å². The number of carbonyl (C=O) groups is 2. The van der Waals surface area contributed by atoms with Crippen molar-refractivity contribution in [3.63, 3.8) is 0 Å². The predicted molar refractivity (Wildman–Crippen MR) is 73.2 cm³/mol. The Morgan fingerprint density at radius 1 is 1.37 bits per heavy atom. The molecule has 0 saturated heterocycles. The van der Waals surface area contributed by atoms with Gasteiger partial charge < -0.3 is 16.0 Å². The number of sulfone groups is 1. The number of carbonyl (C=O) groups excluding carboxylic acids is 2. The molecule has 0 aromatic carbocycles. The highest BCUT2D eigenvalue weighted by molar-refractivity contribution is 7.90. The maximum absolute atomic E-state index is 12.0. The molecular formula is C11H23N3O4S. The molecule has 0 saturated carbocycles. The van der Waals surface area contributed by atoms with E-state index in [4.69, 9.17) is 5.73 Å². The van der Waals surface area contributed by atoms with Crippen LogP contribution < -0.4 is 11.1 Å². The molecule has 0 fully saturated rings. The quantitative estimate of drug-likeness (QED) is 0.580. The Kier molecular flexibility index (Phi) is 7.62. The molecule has 3 N–H and O–H groups in total. The van der Waals surface area contributed by atoms with Crippen molar-refractivity contribution in [2.24, 2.45) is 5.73 Å². The molecule has 0 aliphatic rings. The van der Waals surface area contributed by atoms with Gasteiger partial charge in [0.1, 0.15) is 9.84 Å². The van der Waals surface area contributed by atoms with Crippen LogP contribution in [-0.2, 0) is 19.4 Å². The van der Waals surface area contributed by atoms with E-state index in [0.717, 1.165) is 6.26 Å². The first-order valence-electron chi connectivity index (χ1n) is 6.14. The van der Waals surface area contributed by atoms with E-state index in [1.165, 1.54) is 11.9 Å². The van der Waals surface area contributed by atoms with Gasteiger partial charge in [-0.15, -0.1) is 0 Å². The van der Waals surface area contributed by atoms with E-state index in [-0.39, 0.29) is 24.6 Å². The van der Waals surface area contributed by atoms with Gasteiger partial charge in [-0.3, -0.25) is 9.59 Å². The van der Waals surface area contributed by atoms with Crippen LogP contribution in [0.4, 0.5) is 0 Å². The Labute approximate surface area is 114 Å². The molecule has 0 aliphatic carbocycles. The molecule has 1 unspecified atom stereocenters. The minimum absolute atomic E-state index is 0.0598. The smallest absolute Gasteiger partial charge is 0.239 e. The number of nitrogens with zero attached hydrogens (tertiary/aromatic N) is 1. The molecule has 0 radical (unpaired) electrons. The second-order valence-corrected chi connectivity index (χ2v) is 6.72. The maximum atomic E-state index is 12.0. The van der Waals surface area contributed by atoms with Gasteiger partial charge in [-0.05, 0) is 12.8 Å². The number of likely N-dealkylation sites (N-methyl/N-ethyl adjacent to an activating group) is 1. The van der Waals surface area contributed by atoms with Gasteiger partial charge in [0.25, 0.3) is 0 Å². The highest BCUT2D eigenvalue weighted by atomic mass is 32.2. The molecule has 1 atom stereocenters. The third kappa shape index (κ3) is 7.78. The summed E-state index contributed by atoms with van der Waals surface area (Å²) in [6.07, 6.45) is 1.85. The van der Waals surface area contributed by atoms with Crippen LogP contribution in [-0.4, -0.2) is 63.3 Å². The first kappa shape index (κ1) is 17.8. The zero-order valence-corrected chi connectivity index (χ0v) is 12.5. The van der Waals surface area contributed by atoms with Gasteiger partial charge in [-0.2, -0.15) is 0 Å². The molecule has 7 nitrogen and oxygen atoms in total. The van der Waals surface area contributed by atoms with Gasteiger partial charge in [-0.1, -0.05) is 6.92 Å². The number of amides is 2. The van der Waals surface area contributed by atoms with Crippen LogP contribution in [0.25, 0.3) is 0 Å². The molecular weight excluding hydrogens is 270 g/mol. The van der Waals surface area contributed by atoms with Crippen LogP contribution in [0.2, 0.25) is 0 Å². The van der Waals surface area contributed by atoms with Crippen molar-refractivity contribution >= 4 is 21.7 Å². The van der Waals surface area contributed by atoms with Crippen LogP contribution in [0.1, 0.15) is 19.8 Å². The second kappa shape index (κ2) is 8.11. The number of hydrogen-bond donors (Lipinski definition) is 2. The normalized spacial score (nSPS) is 12.8. The number of nitrogens with one attached hydrogen (secondary N) is 1. The van der Waals surface area contributed by atoms with E-state index in [1.807, 2.05) is 6.92 Å². The van der Waals surface area contributed by atoms with Crippen molar-refractivity contribution in [2.45, 2.75) is 25.8 Å². The van der Waals surface area contributed by atoms with E-state index in [1.54, 1.807) is 0 Å². The summed E-state index contributed by atoms with van der Waals surface area (Å²) in [6.45, 7) is 2.24. The monoisotopic (exact) mass is 293 g/mol. The predicted octanol–water partition coefficient (Wildman–Crippen LogP) is -1.27. The van der Waals surface area contributed by atoms with Crippen molar-refractivity contribution in [3.8, 4) is 0 Å². The molecule has 19 heavy (non-hydrogen) atoms. The van der Waals surface area contributed by atoms with Crippen molar-refractivity contribution in [3.05, 3.63) is 0 Å². The average Bonchev–Trinajstić information content (AvgIpc) is 2.33. The fourth-order valence-corrected chi connectivity index (χ4v) is 2.17. The summed E-state index contributed by atoms with van der Waals surface area (Å²) in [6, 6.07) is -0.897. The fourth-order valence-electron chi connectivity index (χ4n) is 1.49. The Morgan fingerprint density at radius 3 is 2.37 bits per heavy atom. The summed E-state index contributed by atoms with van der Waals surface area (Å²) in [5.41, 5.74) is 5.69. The van der Waals surface area contributed by atoms with E-state index >= 15 is 0 Å². The standard InChI is InChI=1S/C11H23N3O4S/c1-4-6-14(8-10(15)13-2)11(16)9(12)5-7-19(3,17)18/h9H,4-8,12H2,1-3H3,(H,13,15). The van der Waals surface area contributed by atoms with Crippen LogP contribution in [0.15, 0.2) is 0 Å². The van der Waals surface area contributed by atoms with Gasteiger partial charge >= 0.3 is 0 Å². The fraction of sp³-hybridized carbons (Fsp3) is 0.818. The van der Waals surface area contributed by atoms with E-state index in [9.17, 15) is 18.0 Å². The Balaban J connectivity index is 4.56. The third-order valence-corrected chi connectivity index (χ3v) is 3.51. The van der Waals surface area contributed by atoms with Crippen molar-refractivity contribution in [1.82, 2.24) is 10.2 Å². The minimum Gasteiger partial charge on any atom is -0.358 e. The minimum atomic E-state index is -3.15. The van der Waals surface area contributed by atoms with Gasteiger partial charge in [-0.25, -0.2) is 8.42 Å². The topological polar surface area (TPSA) is 110 Å². The summed E-state index contributed by atoms with van der Waals surface area (Å²) in [5, 5.41) is 2.43. The Hall–Kier alpha value is -1.15. The average molecular weight is 293 g/mol. The lowest BCUT2D eigenvalue weighted by Crippen LogP contribution is -2.48. The molecule has 0 heterocycles. The summed E-state index contributed by atoms with van der Waals surface area (Å²) >= 11 is 0. The molecule has 0 aromatic rings. The lowest BCUT2D eigenvalue weighted by atomic mass is 10.2. The van der Waals surface area contributed by atoms with E-state index in [2.05, 4.69) is 5.32 Å². The van der Waals surface area contributed by atoms with Crippen molar-refractivity contribution in [1.29, 1.82) is 0 Å². The lowest BCUT2D eigenvalue weighted by Gasteiger charge is -2.24. The second-order valence-electron chi connectivity index (χ2n) is 4.46. The van der Waals surface area contributed by atoms with Gasteiger partial charge in [0.2, 0.25) is 11.8 Å².